The summed E-state index contributed by atoms with van der Waals surface area (Å²) in [6.45, 7) is 0.479. The number of nitrogens with two attached hydrogens (primary N) is 2. The van der Waals surface area contributed by atoms with Gasteiger partial charge in [-0.15, -0.1) is 0 Å². The van der Waals surface area contributed by atoms with Crippen LogP contribution in [0, 0.1) is 0 Å². The van der Waals surface area contributed by atoms with Crippen LogP contribution >= 0.6 is 0 Å². The van der Waals surface area contributed by atoms with Crippen molar-refractivity contribution in [3.63, 3.8) is 0 Å². The Labute approximate surface area is 77.7 Å². The standard InChI is InChI=1S/C10H14N2O/c11-6-7-2-1-3-9(12)10(7)13-8-4-5-8/h1-3,8H,4-6,11-12H2. The molecule has 0 heterocycles. The number of anilines is 1. The maximum atomic E-state index is 5.79. The van der Waals surface area contributed by atoms with Crippen molar-refractivity contribution in [2.45, 2.75) is 25.5 Å². The van der Waals surface area contributed by atoms with Crippen molar-refractivity contribution in [2.24, 2.45) is 5.73 Å². The summed E-state index contributed by atoms with van der Waals surface area (Å²) in [5, 5.41) is 0. The predicted molar refractivity (Wildman–Crippen MR) is 52.4 cm³/mol. The molecule has 1 fully saturated rings. The van der Waals surface area contributed by atoms with Gasteiger partial charge < -0.3 is 16.2 Å². The van der Waals surface area contributed by atoms with Crippen molar-refractivity contribution in [3.8, 4) is 5.75 Å². The van der Waals surface area contributed by atoms with Crippen LogP contribution < -0.4 is 16.2 Å². The summed E-state index contributed by atoms with van der Waals surface area (Å²) in [6.07, 6.45) is 2.64. The zero-order valence-electron chi connectivity index (χ0n) is 7.49. The van der Waals surface area contributed by atoms with Gasteiger partial charge in [0.1, 0.15) is 5.75 Å². The van der Waals surface area contributed by atoms with E-state index in [0.29, 0.717) is 18.3 Å². The summed E-state index contributed by atoms with van der Waals surface area (Å²) in [6, 6.07) is 5.70. The first-order valence-electron chi connectivity index (χ1n) is 4.55. The average molecular weight is 178 g/mol. The summed E-state index contributed by atoms with van der Waals surface area (Å²) in [4.78, 5) is 0. The average Bonchev–Trinajstić information content (AvgIpc) is 2.92. The van der Waals surface area contributed by atoms with E-state index in [1.54, 1.807) is 0 Å². The highest BCUT2D eigenvalue weighted by molar-refractivity contribution is 5.56. The van der Waals surface area contributed by atoms with Gasteiger partial charge in [-0.2, -0.15) is 0 Å². The molecule has 70 valence electrons. The predicted octanol–water partition coefficient (Wildman–Crippen LogP) is 1.27. The highest BCUT2D eigenvalue weighted by Gasteiger charge is 2.25. The summed E-state index contributed by atoms with van der Waals surface area (Å²) in [7, 11) is 0. The molecule has 0 amide bonds. The Hall–Kier alpha value is -1.22. The Morgan fingerprint density at radius 1 is 1.38 bits per heavy atom. The Kier molecular flexibility index (Phi) is 2.10. The van der Waals surface area contributed by atoms with Gasteiger partial charge in [-0.25, -0.2) is 0 Å². The number of para-hydroxylation sites is 1. The second kappa shape index (κ2) is 3.26. The molecule has 3 nitrogen and oxygen atoms in total. The first kappa shape index (κ1) is 8.38. The minimum Gasteiger partial charge on any atom is -0.488 e. The summed E-state index contributed by atoms with van der Waals surface area (Å²) in [5.74, 6) is 0.785. The van der Waals surface area contributed by atoms with E-state index in [9.17, 15) is 0 Å². The van der Waals surface area contributed by atoms with Gasteiger partial charge in [-0.05, 0) is 18.9 Å². The number of ether oxygens (including phenoxy) is 1. The summed E-state index contributed by atoms with van der Waals surface area (Å²) >= 11 is 0. The number of hydrogen-bond acceptors (Lipinski definition) is 3. The van der Waals surface area contributed by atoms with Gasteiger partial charge in [0.15, 0.2) is 0 Å². The third-order valence-corrected chi connectivity index (χ3v) is 2.16. The summed E-state index contributed by atoms with van der Waals surface area (Å²) < 4.78 is 5.67. The van der Waals surface area contributed by atoms with Crippen LogP contribution in [0.4, 0.5) is 5.69 Å². The van der Waals surface area contributed by atoms with Gasteiger partial charge >= 0.3 is 0 Å². The summed E-state index contributed by atoms with van der Waals surface area (Å²) in [5.41, 5.74) is 13.1. The number of rotatable bonds is 3. The van der Waals surface area contributed by atoms with E-state index in [1.165, 1.54) is 0 Å². The van der Waals surface area contributed by atoms with Gasteiger partial charge in [-0.3, -0.25) is 0 Å². The topological polar surface area (TPSA) is 61.3 Å². The van der Waals surface area contributed by atoms with E-state index in [0.717, 1.165) is 24.2 Å². The molecule has 0 saturated heterocycles. The lowest BCUT2D eigenvalue weighted by Crippen LogP contribution is -2.06. The van der Waals surface area contributed by atoms with E-state index in [1.807, 2.05) is 18.2 Å². The lowest BCUT2D eigenvalue weighted by molar-refractivity contribution is 0.302. The molecule has 0 aromatic heterocycles. The van der Waals surface area contributed by atoms with Crippen LogP contribution in [0.3, 0.4) is 0 Å². The van der Waals surface area contributed by atoms with Gasteiger partial charge in [0.05, 0.1) is 11.8 Å². The fourth-order valence-electron chi connectivity index (χ4n) is 1.26. The number of nitrogen functional groups attached to an aromatic ring is 1. The van der Waals surface area contributed by atoms with Crippen molar-refractivity contribution < 1.29 is 4.74 Å². The van der Waals surface area contributed by atoms with Crippen LogP contribution in [0.2, 0.25) is 0 Å². The first-order valence-corrected chi connectivity index (χ1v) is 4.55. The molecule has 0 atom stereocenters. The second-order valence-corrected chi connectivity index (χ2v) is 3.36. The lowest BCUT2D eigenvalue weighted by Gasteiger charge is -2.11. The Morgan fingerprint density at radius 2 is 2.15 bits per heavy atom. The van der Waals surface area contributed by atoms with Crippen molar-refractivity contribution in [1.29, 1.82) is 0 Å². The minimum absolute atomic E-state index is 0.370. The molecule has 1 aromatic carbocycles. The number of hydrogen-bond donors (Lipinski definition) is 2. The van der Waals surface area contributed by atoms with Crippen LogP contribution in [0.5, 0.6) is 5.75 Å². The fraction of sp³-hybridized carbons (Fsp3) is 0.400. The van der Waals surface area contributed by atoms with Crippen LogP contribution in [0.15, 0.2) is 18.2 Å². The van der Waals surface area contributed by atoms with E-state index in [4.69, 9.17) is 16.2 Å². The second-order valence-electron chi connectivity index (χ2n) is 3.36. The molecule has 1 aromatic rings. The zero-order valence-corrected chi connectivity index (χ0v) is 7.49. The first-order chi connectivity index (χ1) is 6.31. The quantitative estimate of drug-likeness (QED) is 0.685. The molecular weight excluding hydrogens is 164 g/mol. The van der Waals surface area contributed by atoms with Crippen molar-refractivity contribution >= 4 is 5.69 Å². The highest BCUT2D eigenvalue weighted by Crippen LogP contribution is 2.33. The molecule has 13 heavy (non-hydrogen) atoms. The van der Waals surface area contributed by atoms with E-state index in [-0.39, 0.29) is 0 Å². The van der Waals surface area contributed by atoms with Gasteiger partial charge in [0.2, 0.25) is 0 Å². The van der Waals surface area contributed by atoms with E-state index < -0.39 is 0 Å². The minimum atomic E-state index is 0.370. The third-order valence-electron chi connectivity index (χ3n) is 2.16. The Balaban J connectivity index is 2.27. The Bertz CT molecular complexity index is 308. The van der Waals surface area contributed by atoms with Gasteiger partial charge in [-0.1, -0.05) is 12.1 Å². The van der Waals surface area contributed by atoms with E-state index in [2.05, 4.69) is 0 Å². The fourth-order valence-corrected chi connectivity index (χ4v) is 1.26. The maximum absolute atomic E-state index is 5.79. The maximum Gasteiger partial charge on any atom is 0.147 e. The van der Waals surface area contributed by atoms with Crippen LogP contribution in [0.1, 0.15) is 18.4 Å². The zero-order chi connectivity index (χ0) is 9.26. The molecule has 1 aliphatic carbocycles. The molecule has 2 rings (SSSR count). The highest BCUT2D eigenvalue weighted by atomic mass is 16.5. The molecule has 0 radical (unpaired) electrons. The Morgan fingerprint density at radius 3 is 2.77 bits per heavy atom. The molecule has 1 aliphatic rings. The molecule has 3 heteroatoms. The van der Waals surface area contributed by atoms with Crippen LogP contribution in [-0.4, -0.2) is 6.10 Å². The molecule has 0 bridgehead atoms. The van der Waals surface area contributed by atoms with Gasteiger partial charge in [0, 0.05) is 12.1 Å². The van der Waals surface area contributed by atoms with Gasteiger partial charge in [0.25, 0.3) is 0 Å². The largest absolute Gasteiger partial charge is 0.488 e. The molecule has 0 unspecified atom stereocenters. The SMILES string of the molecule is NCc1cccc(N)c1OC1CC1. The van der Waals surface area contributed by atoms with Crippen molar-refractivity contribution in [3.05, 3.63) is 23.8 Å². The van der Waals surface area contributed by atoms with Crippen LogP contribution in [0.25, 0.3) is 0 Å². The molecular formula is C10H14N2O. The third kappa shape index (κ3) is 1.75. The van der Waals surface area contributed by atoms with Crippen molar-refractivity contribution in [2.75, 3.05) is 5.73 Å². The molecule has 1 saturated carbocycles. The smallest absolute Gasteiger partial charge is 0.147 e. The van der Waals surface area contributed by atoms with Crippen LogP contribution in [-0.2, 0) is 6.54 Å². The molecule has 0 spiro atoms. The van der Waals surface area contributed by atoms with E-state index >= 15 is 0 Å². The monoisotopic (exact) mass is 178 g/mol. The molecule has 4 N–H and O–H groups in total. The molecule has 0 aliphatic heterocycles. The normalized spacial score (nSPS) is 15.8. The lowest BCUT2D eigenvalue weighted by atomic mass is 10.2. The number of benzene rings is 1. The van der Waals surface area contributed by atoms with Crippen molar-refractivity contribution in [1.82, 2.24) is 0 Å².